The molecule has 2 atom stereocenters. The Morgan fingerprint density at radius 3 is 3.09 bits per heavy atom. The highest BCUT2D eigenvalue weighted by atomic mass is 16.2. The van der Waals surface area contributed by atoms with E-state index in [1.807, 2.05) is 11.8 Å². The van der Waals surface area contributed by atoms with Crippen LogP contribution in [0, 0.1) is 11.8 Å². The zero-order valence-corrected chi connectivity index (χ0v) is 6.84. The van der Waals surface area contributed by atoms with Gasteiger partial charge in [0.15, 0.2) is 0 Å². The summed E-state index contributed by atoms with van der Waals surface area (Å²) in [5.74, 6) is 1.26. The monoisotopic (exact) mass is 154 g/mol. The number of hydrogen-bond donors (Lipinski definition) is 1. The standard InChI is InChI=1S/C8H14N2O/c1-2-10-5-6-3-9-4-7(6)8(10)11/h6-7,9H,2-5H2,1H3. The lowest BCUT2D eigenvalue weighted by Crippen LogP contribution is -2.30. The molecule has 0 radical (unpaired) electrons. The number of fused-ring (bicyclic) bond motifs is 1. The second-order valence-electron chi connectivity index (χ2n) is 3.40. The quantitative estimate of drug-likeness (QED) is 0.561. The van der Waals surface area contributed by atoms with Crippen LogP contribution in [-0.4, -0.2) is 37.0 Å². The summed E-state index contributed by atoms with van der Waals surface area (Å²) in [6, 6.07) is 0. The molecule has 1 N–H and O–H groups in total. The smallest absolute Gasteiger partial charge is 0.227 e. The normalized spacial score (nSPS) is 36.5. The molecule has 3 nitrogen and oxygen atoms in total. The molecule has 2 heterocycles. The molecule has 3 heteroatoms. The maximum Gasteiger partial charge on any atom is 0.227 e. The van der Waals surface area contributed by atoms with Crippen LogP contribution in [-0.2, 0) is 4.79 Å². The molecular weight excluding hydrogens is 140 g/mol. The Hall–Kier alpha value is -0.570. The summed E-state index contributed by atoms with van der Waals surface area (Å²) in [4.78, 5) is 13.5. The van der Waals surface area contributed by atoms with Gasteiger partial charge in [-0.1, -0.05) is 0 Å². The third-order valence-electron chi connectivity index (χ3n) is 2.81. The zero-order chi connectivity index (χ0) is 7.84. The van der Waals surface area contributed by atoms with Gasteiger partial charge in [0.25, 0.3) is 0 Å². The van der Waals surface area contributed by atoms with E-state index in [9.17, 15) is 4.79 Å². The van der Waals surface area contributed by atoms with Crippen molar-refractivity contribution in [3.63, 3.8) is 0 Å². The van der Waals surface area contributed by atoms with E-state index in [2.05, 4.69) is 5.32 Å². The zero-order valence-electron chi connectivity index (χ0n) is 6.84. The fraction of sp³-hybridized carbons (Fsp3) is 0.875. The number of carbonyl (C=O) groups excluding carboxylic acids is 1. The molecule has 2 aliphatic rings. The van der Waals surface area contributed by atoms with E-state index in [-0.39, 0.29) is 0 Å². The molecule has 0 aromatic rings. The number of rotatable bonds is 1. The van der Waals surface area contributed by atoms with Gasteiger partial charge in [0.05, 0.1) is 5.92 Å². The van der Waals surface area contributed by atoms with Crippen LogP contribution in [0.15, 0.2) is 0 Å². The van der Waals surface area contributed by atoms with Gasteiger partial charge in [-0.05, 0) is 6.92 Å². The van der Waals surface area contributed by atoms with Crippen LogP contribution in [0.2, 0.25) is 0 Å². The summed E-state index contributed by atoms with van der Waals surface area (Å²) < 4.78 is 0. The fourth-order valence-corrected chi connectivity index (χ4v) is 2.11. The van der Waals surface area contributed by atoms with Crippen molar-refractivity contribution in [3.8, 4) is 0 Å². The number of nitrogens with zero attached hydrogens (tertiary/aromatic N) is 1. The minimum absolute atomic E-state index is 0.301. The molecule has 2 aliphatic heterocycles. The molecule has 2 rings (SSSR count). The number of nitrogens with one attached hydrogen (secondary N) is 1. The van der Waals surface area contributed by atoms with Crippen LogP contribution >= 0.6 is 0 Å². The third kappa shape index (κ3) is 0.948. The number of carbonyl (C=O) groups is 1. The number of amides is 1. The number of hydrogen-bond acceptors (Lipinski definition) is 2. The topological polar surface area (TPSA) is 32.3 Å². The molecule has 2 unspecified atom stereocenters. The Kier molecular flexibility index (Phi) is 1.60. The Labute approximate surface area is 66.8 Å². The van der Waals surface area contributed by atoms with Crippen LogP contribution in [0.5, 0.6) is 0 Å². The van der Waals surface area contributed by atoms with Crippen LogP contribution in [0.1, 0.15) is 6.92 Å². The first-order valence-electron chi connectivity index (χ1n) is 4.32. The van der Waals surface area contributed by atoms with E-state index < -0.39 is 0 Å². The predicted molar refractivity (Wildman–Crippen MR) is 42.1 cm³/mol. The molecule has 0 aromatic carbocycles. The van der Waals surface area contributed by atoms with E-state index >= 15 is 0 Å². The van der Waals surface area contributed by atoms with E-state index in [1.54, 1.807) is 0 Å². The molecule has 1 amide bonds. The SMILES string of the molecule is CCN1CC2CNCC2C1=O. The van der Waals surface area contributed by atoms with Gasteiger partial charge in [-0.3, -0.25) is 4.79 Å². The average molecular weight is 154 g/mol. The summed E-state index contributed by atoms with van der Waals surface area (Å²) in [6.45, 7) is 5.85. The maximum atomic E-state index is 11.5. The lowest BCUT2D eigenvalue weighted by molar-refractivity contribution is -0.130. The summed E-state index contributed by atoms with van der Waals surface area (Å²) in [6.07, 6.45) is 0. The Morgan fingerprint density at radius 2 is 2.45 bits per heavy atom. The van der Waals surface area contributed by atoms with E-state index in [0.717, 1.165) is 26.2 Å². The molecule has 11 heavy (non-hydrogen) atoms. The molecule has 2 fully saturated rings. The second-order valence-corrected chi connectivity index (χ2v) is 3.40. The molecule has 0 bridgehead atoms. The lowest BCUT2D eigenvalue weighted by Gasteiger charge is -2.13. The molecule has 62 valence electrons. The summed E-state index contributed by atoms with van der Waals surface area (Å²) in [5, 5.41) is 3.25. The first kappa shape index (κ1) is 7.10. The van der Waals surface area contributed by atoms with Crippen molar-refractivity contribution in [1.29, 1.82) is 0 Å². The molecule has 0 aromatic heterocycles. The van der Waals surface area contributed by atoms with Crippen molar-refractivity contribution in [3.05, 3.63) is 0 Å². The van der Waals surface area contributed by atoms with Crippen molar-refractivity contribution in [1.82, 2.24) is 10.2 Å². The van der Waals surface area contributed by atoms with Crippen molar-refractivity contribution in [2.45, 2.75) is 6.92 Å². The summed E-state index contributed by atoms with van der Waals surface area (Å²) in [7, 11) is 0. The molecule has 0 aliphatic carbocycles. The summed E-state index contributed by atoms with van der Waals surface area (Å²) in [5.41, 5.74) is 0. The molecule has 0 saturated carbocycles. The second kappa shape index (κ2) is 2.48. The molecule has 0 spiro atoms. The minimum atomic E-state index is 0.301. The Bertz CT molecular complexity index is 181. The maximum absolute atomic E-state index is 11.5. The van der Waals surface area contributed by atoms with E-state index in [1.165, 1.54) is 0 Å². The van der Waals surface area contributed by atoms with Gasteiger partial charge >= 0.3 is 0 Å². The Morgan fingerprint density at radius 1 is 1.64 bits per heavy atom. The van der Waals surface area contributed by atoms with Crippen molar-refractivity contribution in [2.75, 3.05) is 26.2 Å². The summed E-state index contributed by atoms with van der Waals surface area (Å²) >= 11 is 0. The van der Waals surface area contributed by atoms with Crippen LogP contribution in [0.4, 0.5) is 0 Å². The van der Waals surface area contributed by atoms with Gasteiger partial charge in [0, 0.05) is 32.1 Å². The minimum Gasteiger partial charge on any atom is -0.342 e. The molecule has 2 saturated heterocycles. The third-order valence-corrected chi connectivity index (χ3v) is 2.81. The van der Waals surface area contributed by atoms with Crippen LogP contribution in [0.25, 0.3) is 0 Å². The van der Waals surface area contributed by atoms with Gasteiger partial charge in [-0.25, -0.2) is 0 Å². The van der Waals surface area contributed by atoms with E-state index in [4.69, 9.17) is 0 Å². The highest BCUT2D eigenvalue weighted by Gasteiger charge is 2.42. The molecular formula is C8H14N2O. The van der Waals surface area contributed by atoms with E-state index in [0.29, 0.717) is 17.7 Å². The predicted octanol–water partition coefficient (Wildman–Crippen LogP) is -0.316. The van der Waals surface area contributed by atoms with Gasteiger partial charge in [-0.2, -0.15) is 0 Å². The van der Waals surface area contributed by atoms with Crippen LogP contribution < -0.4 is 5.32 Å². The van der Waals surface area contributed by atoms with Gasteiger partial charge in [-0.15, -0.1) is 0 Å². The fourth-order valence-electron chi connectivity index (χ4n) is 2.11. The van der Waals surface area contributed by atoms with Gasteiger partial charge < -0.3 is 10.2 Å². The van der Waals surface area contributed by atoms with Crippen molar-refractivity contribution in [2.24, 2.45) is 11.8 Å². The van der Waals surface area contributed by atoms with Crippen molar-refractivity contribution < 1.29 is 4.79 Å². The first-order chi connectivity index (χ1) is 5.33. The largest absolute Gasteiger partial charge is 0.342 e. The lowest BCUT2D eigenvalue weighted by atomic mass is 10.0. The highest BCUT2D eigenvalue weighted by Crippen LogP contribution is 2.26. The Balaban J connectivity index is 2.10. The van der Waals surface area contributed by atoms with Gasteiger partial charge in [0.1, 0.15) is 0 Å². The first-order valence-corrected chi connectivity index (χ1v) is 4.32. The van der Waals surface area contributed by atoms with Crippen molar-refractivity contribution >= 4 is 5.91 Å². The average Bonchev–Trinajstić information content (AvgIpc) is 2.53. The van der Waals surface area contributed by atoms with Gasteiger partial charge in [0.2, 0.25) is 5.91 Å². The highest BCUT2D eigenvalue weighted by molar-refractivity contribution is 5.82. The number of likely N-dealkylation sites (tertiary alicyclic amines) is 1. The van der Waals surface area contributed by atoms with Crippen LogP contribution in [0.3, 0.4) is 0 Å².